The summed E-state index contributed by atoms with van der Waals surface area (Å²) in [5, 5.41) is 6.67. The highest BCUT2D eigenvalue weighted by Crippen LogP contribution is 2.35. The molecular weight excluding hydrogens is 236 g/mol. The van der Waals surface area contributed by atoms with Crippen molar-refractivity contribution < 1.29 is 4.79 Å². The number of hydrogen-bond donors (Lipinski definition) is 2. The van der Waals surface area contributed by atoms with E-state index < -0.39 is 0 Å². The number of carbonyl (C=O) groups excluding carboxylic acids is 1. The van der Waals surface area contributed by atoms with Crippen LogP contribution in [0.1, 0.15) is 37.3 Å². The summed E-state index contributed by atoms with van der Waals surface area (Å²) < 4.78 is 0. The maximum atomic E-state index is 12.4. The minimum Gasteiger partial charge on any atom is -0.352 e. The van der Waals surface area contributed by atoms with Crippen LogP contribution in [-0.4, -0.2) is 25.0 Å². The fourth-order valence-corrected chi connectivity index (χ4v) is 3.20. The number of rotatable bonds is 2. The maximum Gasteiger partial charge on any atom is 0.228 e. The van der Waals surface area contributed by atoms with Gasteiger partial charge in [-0.3, -0.25) is 4.79 Å². The zero-order valence-electron chi connectivity index (χ0n) is 11.7. The molecule has 1 amide bonds. The van der Waals surface area contributed by atoms with Crippen molar-refractivity contribution in [2.24, 2.45) is 5.41 Å². The van der Waals surface area contributed by atoms with E-state index in [1.54, 1.807) is 0 Å². The van der Waals surface area contributed by atoms with E-state index in [1.807, 2.05) is 12.1 Å². The number of carbonyl (C=O) groups is 1. The van der Waals surface area contributed by atoms with Crippen LogP contribution < -0.4 is 10.6 Å². The molecule has 102 valence electrons. The van der Waals surface area contributed by atoms with Gasteiger partial charge in [0, 0.05) is 12.6 Å². The lowest BCUT2D eigenvalue weighted by Gasteiger charge is -2.41. The molecular formula is C16H22N2O. The molecule has 2 atom stereocenters. The molecule has 0 bridgehead atoms. The third-order valence-electron chi connectivity index (χ3n) is 4.62. The molecule has 1 aromatic carbocycles. The summed E-state index contributed by atoms with van der Waals surface area (Å²) in [5.74, 6) is 0.278. The molecule has 1 saturated heterocycles. The molecule has 1 aromatic rings. The molecule has 1 fully saturated rings. The van der Waals surface area contributed by atoms with Gasteiger partial charge < -0.3 is 10.6 Å². The standard InChI is InChI=1S/C16H22N2O/c1-16(2)10-17-8-7-14(16)18-15(19)13-9-11-5-3-4-6-12(11)13/h3-6,13-14,17H,7-10H2,1-2H3,(H,18,19). The van der Waals surface area contributed by atoms with Crippen LogP contribution in [0.15, 0.2) is 24.3 Å². The topological polar surface area (TPSA) is 41.1 Å². The number of fused-ring (bicyclic) bond motifs is 1. The molecule has 19 heavy (non-hydrogen) atoms. The van der Waals surface area contributed by atoms with Crippen LogP contribution in [0.5, 0.6) is 0 Å². The van der Waals surface area contributed by atoms with E-state index in [9.17, 15) is 4.79 Å². The molecule has 0 aromatic heterocycles. The number of amides is 1. The Kier molecular flexibility index (Phi) is 3.09. The summed E-state index contributed by atoms with van der Waals surface area (Å²) in [6, 6.07) is 8.55. The molecule has 1 aliphatic heterocycles. The molecule has 0 radical (unpaired) electrons. The van der Waals surface area contributed by atoms with Crippen LogP contribution in [-0.2, 0) is 11.2 Å². The first kappa shape index (κ1) is 12.7. The molecule has 2 aliphatic rings. The highest BCUT2D eigenvalue weighted by Gasteiger charge is 2.37. The molecule has 0 saturated carbocycles. The maximum absolute atomic E-state index is 12.4. The van der Waals surface area contributed by atoms with Crippen molar-refractivity contribution in [2.75, 3.05) is 13.1 Å². The van der Waals surface area contributed by atoms with Gasteiger partial charge in [0.1, 0.15) is 0 Å². The van der Waals surface area contributed by atoms with Gasteiger partial charge in [0.15, 0.2) is 0 Å². The summed E-state index contributed by atoms with van der Waals surface area (Å²) in [7, 11) is 0. The predicted octanol–water partition coefficient (Wildman–Crippen LogP) is 1.83. The molecule has 1 aliphatic carbocycles. The van der Waals surface area contributed by atoms with Gasteiger partial charge in [-0.25, -0.2) is 0 Å². The highest BCUT2D eigenvalue weighted by molar-refractivity contribution is 5.87. The van der Waals surface area contributed by atoms with Gasteiger partial charge in [-0.1, -0.05) is 38.1 Å². The average molecular weight is 258 g/mol. The van der Waals surface area contributed by atoms with Gasteiger partial charge in [-0.15, -0.1) is 0 Å². The molecule has 3 heteroatoms. The van der Waals surface area contributed by atoms with E-state index in [0.29, 0.717) is 0 Å². The van der Waals surface area contributed by atoms with Crippen LogP contribution in [0.2, 0.25) is 0 Å². The summed E-state index contributed by atoms with van der Waals surface area (Å²) in [5.41, 5.74) is 2.68. The van der Waals surface area contributed by atoms with Gasteiger partial charge in [-0.05, 0) is 35.9 Å². The zero-order chi connectivity index (χ0) is 13.5. The Balaban J connectivity index is 1.67. The SMILES string of the molecule is CC1(C)CNCCC1NC(=O)C1Cc2ccccc21. The first-order valence-electron chi connectivity index (χ1n) is 7.17. The lowest BCUT2D eigenvalue weighted by Crippen LogP contribution is -2.55. The summed E-state index contributed by atoms with van der Waals surface area (Å²) >= 11 is 0. The molecule has 2 N–H and O–H groups in total. The van der Waals surface area contributed by atoms with Crippen molar-refractivity contribution >= 4 is 5.91 Å². The van der Waals surface area contributed by atoms with Crippen LogP contribution in [0, 0.1) is 5.41 Å². The van der Waals surface area contributed by atoms with Gasteiger partial charge in [0.05, 0.1) is 5.92 Å². The number of benzene rings is 1. The van der Waals surface area contributed by atoms with Crippen molar-refractivity contribution in [1.82, 2.24) is 10.6 Å². The van der Waals surface area contributed by atoms with Gasteiger partial charge in [0.2, 0.25) is 5.91 Å². The summed E-state index contributed by atoms with van der Waals surface area (Å²) in [4.78, 5) is 12.4. The zero-order valence-corrected chi connectivity index (χ0v) is 11.7. The molecule has 2 unspecified atom stereocenters. The van der Waals surface area contributed by atoms with Gasteiger partial charge in [0.25, 0.3) is 0 Å². The van der Waals surface area contributed by atoms with Crippen LogP contribution in [0.25, 0.3) is 0 Å². The molecule has 1 heterocycles. The lowest BCUT2D eigenvalue weighted by molar-refractivity contribution is -0.124. The van der Waals surface area contributed by atoms with Crippen LogP contribution >= 0.6 is 0 Å². The fourth-order valence-electron chi connectivity index (χ4n) is 3.20. The number of hydrogen-bond acceptors (Lipinski definition) is 2. The summed E-state index contributed by atoms with van der Waals surface area (Å²) in [6.07, 6.45) is 1.92. The van der Waals surface area contributed by atoms with E-state index >= 15 is 0 Å². The minimum absolute atomic E-state index is 0.0712. The molecule has 3 rings (SSSR count). The van der Waals surface area contributed by atoms with E-state index in [0.717, 1.165) is 25.9 Å². The van der Waals surface area contributed by atoms with E-state index in [2.05, 4.69) is 36.6 Å². The molecule has 0 spiro atoms. The molecule has 3 nitrogen and oxygen atoms in total. The van der Waals surface area contributed by atoms with Crippen LogP contribution in [0.4, 0.5) is 0 Å². The van der Waals surface area contributed by atoms with Crippen molar-refractivity contribution in [3.63, 3.8) is 0 Å². The Morgan fingerprint density at radius 2 is 2.16 bits per heavy atom. The normalized spacial score (nSPS) is 28.1. The fraction of sp³-hybridized carbons (Fsp3) is 0.562. The Morgan fingerprint density at radius 3 is 2.89 bits per heavy atom. The van der Waals surface area contributed by atoms with Crippen molar-refractivity contribution in [3.8, 4) is 0 Å². The van der Waals surface area contributed by atoms with E-state index in [1.165, 1.54) is 11.1 Å². The van der Waals surface area contributed by atoms with Crippen molar-refractivity contribution in [2.45, 2.75) is 38.6 Å². The first-order valence-corrected chi connectivity index (χ1v) is 7.17. The Bertz CT molecular complexity index is 495. The number of piperidine rings is 1. The first-order chi connectivity index (χ1) is 9.08. The van der Waals surface area contributed by atoms with E-state index in [-0.39, 0.29) is 23.3 Å². The Hall–Kier alpha value is -1.35. The lowest BCUT2D eigenvalue weighted by atomic mass is 9.75. The highest BCUT2D eigenvalue weighted by atomic mass is 16.2. The third-order valence-corrected chi connectivity index (χ3v) is 4.62. The minimum atomic E-state index is 0.0712. The average Bonchev–Trinajstić information content (AvgIpc) is 2.33. The quantitative estimate of drug-likeness (QED) is 0.849. The monoisotopic (exact) mass is 258 g/mol. The second kappa shape index (κ2) is 4.64. The van der Waals surface area contributed by atoms with Crippen LogP contribution in [0.3, 0.4) is 0 Å². The largest absolute Gasteiger partial charge is 0.352 e. The Labute approximate surface area is 114 Å². The smallest absolute Gasteiger partial charge is 0.228 e. The van der Waals surface area contributed by atoms with Gasteiger partial charge in [-0.2, -0.15) is 0 Å². The van der Waals surface area contributed by atoms with E-state index in [4.69, 9.17) is 0 Å². The summed E-state index contributed by atoms with van der Waals surface area (Å²) in [6.45, 7) is 6.41. The van der Waals surface area contributed by atoms with Gasteiger partial charge >= 0.3 is 0 Å². The van der Waals surface area contributed by atoms with Crippen molar-refractivity contribution in [3.05, 3.63) is 35.4 Å². The Morgan fingerprint density at radius 1 is 1.37 bits per heavy atom. The van der Waals surface area contributed by atoms with Crippen molar-refractivity contribution in [1.29, 1.82) is 0 Å². The predicted molar refractivity (Wildman–Crippen MR) is 76.1 cm³/mol. The number of nitrogens with one attached hydrogen (secondary N) is 2. The third kappa shape index (κ3) is 2.27. The second-order valence-corrected chi connectivity index (χ2v) is 6.47. The second-order valence-electron chi connectivity index (χ2n) is 6.47.